The van der Waals surface area contributed by atoms with E-state index >= 15 is 0 Å². The van der Waals surface area contributed by atoms with Gasteiger partial charge in [-0.3, -0.25) is 4.57 Å². The molecule has 1 saturated heterocycles. The minimum Gasteiger partial charge on any atom is -0.355 e. The molecule has 2 N–H and O–H groups in total. The number of alkyl halides is 3. The molecule has 14 heteroatoms. The summed E-state index contributed by atoms with van der Waals surface area (Å²) in [5, 5.41) is 6.17. The van der Waals surface area contributed by atoms with Gasteiger partial charge < -0.3 is 15.5 Å². The zero-order valence-electron chi connectivity index (χ0n) is 22.3. The number of fused-ring (bicyclic) bond motifs is 1. The Labute approximate surface area is 253 Å². The second kappa shape index (κ2) is 11.7. The van der Waals surface area contributed by atoms with E-state index in [4.69, 9.17) is 28.2 Å². The molecule has 0 atom stereocenters. The average Bonchev–Trinajstić information content (AvgIpc) is 3.37. The van der Waals surface area contributed by atoms with Crippen LogP contribution in [0.5, 0.6) is 0 Å². The number of amides is 2. The molecule has 5 aromatic rings. The van der Waals surface area contributed by atoms with Crippen LogP contribution in [0.15, 0.2) is 73.2 Å². The van der Waals surface area contributed by atoms with Crippen molar-refractivity contribution in [2.45, 2.75) is 25.1 Å². The highest BCUT2D eigenvalue weighted by molar-refractivity contribution is 6.33. The van der Waals surface area contributed by atoms with E-state index in [-0.39, 0.29) is 6.04 Å². The van der Waals surface area contributed by atoms with E-state index < -0.39 is 23.6 Å². The summed E-state index contributed by atoms with van der Waals surface area (Å²) in [6, 6.07) is 16.2. The van der Waals surface area contributed by atoms with E-state index in [1.54, 1.807) is 18.2 Å². The van der Waals surface area contributed by atoms with Gasteiger partial charge in [0.1, 0.15) is 12.2 Å². The first-order chi connectivity index (χ1) is 20.7. The highest BCUT2D eigenvalue weighted by Crippen LogP contribution is 2.36. The molecule has 2 aromatic carbocycles. The molecular weight excluding hydrogens is 604 g/mol. The van der Waals surface area contributed by atoms with E-state index in [9.17, 15) is 18.0 Å². The number of halogens is 5. The number of carbonyl (C=O) groups is 1. The van der Waals surface area contributed by atoms with Crippen LogP contribution in [-0.4, -0.2) is 49.7 Å². The molecule has 220 valence electrons. The number of hydrogen-bond acceptors (Lipinski definition) is 6. The minimum atomic E-state index is -4.69. The molecular formula is C29H23Cl2F3N8O. The normalized spacial score (nSPS) is 14.2. The molecule has 0 radical (unpaired) electrons. The van der Waals surface area contributed by atoms with Crippen molar-refractivity contribution in [2.24, 2.45) is 0 Å². The van der Waals surface area contributed by atoms with Crippen molar-refractivity contribution in [3.05, 3.63) is 88.9 Å². The Morgan fingerprint density at radius 2 is 1.67 bits per heavy atom. The number of piperidine rings is 1. The SMILES string of the molecule is O=C(Nc1cccnc1C(F)(F)F)NC1CCN(c2ncnc3c2nc(-c2ccccc2Cl)n3-c2ccc(Cl)cc2)CC1. The van der Waals surface area contributed by atoms with Crippen LogP contribution in [0.25, 0.3) is 28.2 Å². The maximum atomic E-state index is 13.3. The van der Waals surface area contributed by atoms with Crippen LogP contribution in [0.4, 0.5) is 29.5 Å². The molecule has 1 fully saturated rings. The lowest BCUT2D eigenvalue weighted by Crippen LogP contribution is -2.46. The Balaban J connectivity index is 1.24. The predicted octanol–water partition coefficient (Wildman–Crippen LogP) is 6.99. The van der Waals surface area contributed by atoms with Gasteiger partial charge in [0.15, 0.2) is 22.7 Å². The maximum Gasteiger partial charge on any atom is 0.435 e. The Kier molecular flexibility index (Phi) is 7.80. The van der Waals surface area contributed by atoms with Gasteiger partial charge in [0, 0.05) is 41.6 Å². The van der Waals surface area contributed by atoms with Crippen molar-refractivity contribution >= 4 is 51.9 Å². The predicted molar refractivity (Wildman–Crippen MR) is 159 cm³/mol. The summed E-state index contributed by atoms with van der Waals surface area (Å²) in [7, 11) is 0. The number of benzene rings is 2. The number of urea groups is 1. The number of aromatic nitrogens is 5. The van der Waals surface area contributed by atoms with Crippen LogP contribution >= 0.6 is 23.2 Å². The van der Waals surface area contributed by atoms with Gasteiger partial charge in [-0.05, 0) is 61.4 Å². The lowest BCUT2D eigenvalue weighted by molar-refractivity contribution is -0.140. The molecule has 3 aromatic heterocycles. The Morgan fingerprint density at radius 1 is 0.930 bits per heavy atom. The van der Waals surface area contributed by atoms with Gasteiger partial charge in [0.05, 0.1) is 10.7 Å². The van der Waals surface area contributed by atoms with Crippen LogP contribution in [0, 0.1) is 0 Å². The van der Waals surface area contributed by atoms with Crippen LogP contribution in [-0.2, 0) is 6.18 Å². The van der Waals surface area contributed by atoms with Crippen molar-refractivity contribution in [1.29, 1.82) is 0 Å². The number of imidazole rings is 1. The van der Waals surface area contributed by atoms with Crippen LogP contribution < -0.4 is 15.5 Å². The molecule has 1 aliphatic rings. The second-order valence-corrected chi connectivity index (χ2v) is 10.7. The molecule has 1 aliphatic heterocycles. The first kappa shape index (κ1) is 28.7. The van der Waals surface area contributed by atoms with E-state index in [1.807, 2.05) is 34.9 Å². The van der Waals surface area contributed by atoms with Crippen molar-refractivity contribution in [1.82, 2.24) is 29.8 Å². The van der Waals surface area contributed by atoms with Crippen molar-refractivity contribution in [3.8, 4) is 17.1 Å². The topological polar surface area (TPSA) is 101 Å². The molecule has 0 unspecified atom stereocenters. The molecule has 4 heterocycles. The molecule has 0 aliphatic carbocycles. The number of nitrogens with one attached hydrogen (secondary N) is 2. The van der Waals surface area contributed by atoms with Crippen molar-refractivity contribution < 1.29 is 18.0 Å². The monoisotopic (exact) mass is 626 g/mol. The molecule has 0 saturated carbocycles. The number of hydrogen-bond donors (Lipinski definition) is 2. The summed E-state index contributed by atoms with van der Waals surface area (Å²) in [5.74, 6) is 1.21. The quantitative estimate of drug-likeness (QED) is 0.218. The third-order valence-corrected chi connectivity index (χ3v) is 7.66. The molecule has 9 nitrogen and oxygen atoms in total. The summed E-state index contributed by atoms with van der Waals surface area (Å²) in [6.07, 6.45) is -1.11. The lowest BCUT2D eigenvalue weighted by atomic mass is 10.1. The highest BCUT2D eigenvalue weighted by atomic mass is 35.5. The highest BCUT2D eigenvalue weighted by Gasteiger charge is 2.36. The van der Waals surface area contributed by atoms with Gasteiger partial charge in [-0.1, -0.05) is 35.3 Å². The van der Waals surface area contributed by atoms with E-state index in [2.05, 4.69) is 30.5 Å². The number of carbonyl (C=O) groups excluding carboxylic acids is 1. The molecule has 43 heavy (non-hydrogen) atoms. The Morgan fingerprint density at radius 3 is 2.40 bits per heavy atom. The summed E-state index contributed by atoms with van der Waals surface area (Å²) in [6.45, 7) is 1.04. The standard InChI is InChI=1S/C29H23Cl2F3N8O/c30-17-7-9-19(10-8-17)42-25(20-4-1-2-5-21(20)31)40-23-26(36-16-37-27(23)42)41-14-11-18(12-15-41)38-28(43)39-22-6-3-13-35-24(22)29(32,33)34/h1-10,13,16,18H,11-12,14-15H2,(H2,38,39,43). The van der Waals surface area contributed by atoms with Gasteiger partial charge in [-0.15, -0.1) is 0 Å². The Bertz CT molecular complexity index is 1790. The third-order valence-electron chi connectivity index (χ3n) is 7.08. The fraction of sp³-hybridized carbons (Fsp3) is 0.207. The lowest BCUT2D eigenvalue weighted by Gasteiger charge is -2.33. The van der Waals surface area contributed by atoms with Crippen LogP contribution in [0.3, 0.4) is 0 Å². The number of rotatable bonds is 5. The Hall–Kier alpha value is -4.42. The van der Waals surface area contributed by atoms with Gasteiger partial charge in [0.25, 0.3) is 0 Å². The van der Waals surface area contributed by atoms with Crippen LogP contribution in [0.2, 0.25) is 10.0 Å². The molecule has 6 rings (SSSR count). The van der Waals surface area contributed by atoms with Gasteiger partial charge in [-0.25, -0.2) is 24.7 Å². The number of pyridine rings is 1. The summed E-state index contributed by atoms with van der Waals surface area (Å²) in [5.41, 5.74) is 1.12. The fourth-order valence-electron chi connectivity index (χ4n) is 5.08. The van der Waals surface area contributed by atoms with Crippen molar-refractivity contribution in [2.75, 3.05) is 23.3 Å². The van der Waals surface area contributed by atoms with Gasteiger partial charge in [-0.2, -0.15) is 13.2 Å². The summed E-state index contributed by atoms with van der Waals surface area (Å²) >= 11 is 12.7. The summed E-state index contributed by atoms with van der Waals surface area (Å²) < 4.78 is 41.7. The van der Waals surface area contributed by atoms with E-state index in [0.717, 1.165) is 17.4 Å². The maximum absolute atomic E-state index is 13.3. The smallest absolute Gasteiger partial charge is 0.355 e. The second-order valence-electron chi connectivity index (χ2n) is 9.85. The minimum absolute atomic E-state index is 0.259. The fourth-order valence-corrected chi connectivity index (χ4v) is 5.43. The first-order valence-electron chi connectivity index (χ1n) is 13.3. The number of nitrogens with zero attached hydrogens (tertiary/aromatic N) is 6. The molecule has 0 bridgehead atoms. The molecule has 0 spiro atoms. The zero-order valence-corrected chi connectivity index (χ0v) is 23.8. The number of anilines is 2. The van der Waals surface area contributed by atoms with E-state index in [0.29, 0.717) is 58.8 Å². The van der Waals surface area contributed by atoms with E-state index in [1.165, 1.54) is 18.5 Å². The first-order valence-corrected chi connectivity index (χ1v) is 14.0. The van der Waals surface area contributed by atoms with Crippen molar-refractivity contribution in [3.63, 3.8) is 0 Å². The van der Waals surface area contributed by atoms with Crippen LogP contribution in [0.1, 0.15) is 18.5 Å². The third kappa shape index (κ3) is 5.93. The van der Waals surface area contributed by atoms with Gasteiger partial charge >= 0.3 is 12.2 Å². The summed E-state index contributed by atoms with van der Waals surface area (Å²) in [4.78, 5) is 32.1. The molecule has 2 amide bonds. The largest absolute Gasteiger partial charge is 0.435 e. The zero-order chi connectivity index (χ0) is 30.1. The average molecular weight is 627 g/mol. The van der Waals surface area contributed by atoms with Gasteiger partial charge in [0.2, 0.25) is 0 Å².